The number of benzene rings is 2. The van der Waals surface area contributed by atoms with Crippen molar-refractivity contribution in [3.63, 3.8) is 0 Å². The number of amides is 1. The Morgan fingerprint density at radius 3 is 2.57 bits per heavy atom. The fourth-order valence-corrected chi connectivity index (χ4v) is 2.29. The first kappa shape index (κ1) is 17.4. The summed E-state index contributed by atoms with van der Waals surface area (Å²) >= 11 is 12.0. The van der Waals surface area contributed by atoms with E-state index in [0.29, 0.717) is 27.2 Å². The van der Waals surface area contributed by atoms with Gasteiger partial charge in [-0.1, -0.05) is 29.3 Å². The molecule has 6 heteroatoms. The summed E-state index contributed by atoms with van der Waals surface area (Å²) in [4.78, 5) is 12.3. The number of nitrogens with one attached hydrogen (secondary N) is 1. The number of anilines is 1. The first-order chi connectivity index (χ1) is 10.9. The van der Waals surface area contributed by atoms with Crippen LogP contribution >= 0.6 is 23.2 Å². The molecule has 0 radical (unpaired) electrons. The van der Waals surface area contributed by atoms with E-state index in [4.69, 9.17) is 32.7 Å². The van der Waals surface area contributed by atoms with Gasteiger partial charge in [0.15, 0.2) is 6.10 Å². The summed E-state index contributed by atoms with van der Waals surface area (Å²) in [6, 6.07) is 10.4. The molecule has 0 aliphatic heterocycles. The second-order valence-electron chi connectivity index (χ2n) is 5.03. The van der Waals surface area contributed by atoms with Crippen molar-refractivity contribution in [2.24, 2.45) is 0 Å². The first-order valence-electron chi connectivity index (χ1n) is 6.98. The molecule has 0 aliphatic rings. The molecule has 1 atom stereocenters. The third kappa shape index (κ3) is 4.53. The SMILES string of the molecule is COc1ccc(Cl)cc1NC(=O)[C@@H](C)Oc1cc(C)ccc1Cl. The summed E-state index contributed by atoms with van der Waals surface area (Å²) in [5.41, 5.74) is 1.48. The van der Waals surface area contributed by atoms with Crippen LogP contribution < -0.4 is 14.8 Å². The molecule has 1 amide bonds. The summed E-state index contributed by atoms with van der Waals surface area (Å²) in [7, 11) is 1.52. The number of carbonyl (C=O) groups excluding carboxylic acids is 1. The van der Waals surface area contributed by atoms with Crippen LogP contribution in [0.25, 0.3) is 0 Å². The van der Waals surface area contributed by atoms with E-state index in [1.165, 1.54) is 7.11 Å². The average Bonchev–Trinajstić information content (AvgIpc) is 2.51. The zero-order valence-electron chi connectivity index (χ0n) is 13.0. The number of hydrogen-bond donors (Lipinski definition) is 1. The van der Waals surface area contributed by atoms with Gasteiger partial charge >= 0.3 is 0 Å². The highest BCUT2D eigenvalue weighted by molar-refractivity contribution is 6.32. The van der Waals surface area contributed by atoms with Gasteiger partial charge in [0, 0.05) is 5.02 Å². The number of rotatable bonds is 5. The quantitative estimate of drug-likeness (QED) is 0.845. The number of ether oxygens (including phenoxy) is 2. The van der Waals surface area contributed by atoms with Crippen molar-refractivity contribution >= 4 is 34.8 Å². The molecular weight excluding hydrogens is 337 g/mol. The van der Waals surface area contributed by atoms with Crippen LogP contribution in [-0.4, -0.2) is 19.1 Å². The van der Waals surface area contributed by atoms with E-state index in [-0.39, 0.29) is 5.91 Å². The first-order valence-corrected chi connectivity index (χ1v) is 7.73. The Kier molecular flexibility index (Phi) is 5.74. The molecule has 0 aliphatic carbocycles. The molecule has 1 N–H and O–H groups in total. The highest BCUT2D eigenvalue weighted by Gasteiger charge is 2.18. The van der Waals surface area contributed by atoms with Crippen molar-refractivity contribution in [2.45, 2.75) is 20.0 Å². The Hall–Kier alpha value is -1.91. The van der Waals surface area contributed by atoms with E-state index in [2.05, 4.69) is 5.32 Å². The van der Waals surface area contributed by atoms with Crippen molar-refractivity contribution in [2.75, 3.05) is 12.4 Å². The van der Waals surface area contributed by atoms with Crippen molar-refractivity contribution in [3.8, 4) is 11.5 Å². The molecule has 0 spiro atoms. The smallest absolute Gasteiger partial charge is 0.265 e. The predicted octanol–water partition coefficient (Wildman–Crippen LogP) is 4.72. The van der Waals surface area contributed by atoms with Crippen molar-refractivity contribution < 1.29 is 14.3 Å². The van der Waals surface area contributed by atoms with E-state index >= 15 is 0 Å². The molecule has 2 rings (SSSR count). The Morgan fingerprint density at radius 2 is 1.87 bits per heavy atom. The molecule has 2 aromatic rings. The normalized spacial score (nSPS) is 11.7. The molecule has 0 fully saturated rings. The van der Waals surface area contributed by atoms with Crippen LogP contribution in [0.5, 0.6) is 11.5 Å². The molecule has 0 unspecified atom stereocenters. The lowest BCUT2D eigenvalue weighted by atomic mass is 10.2. The summed E-state index contributed by atoms with van der Waals surface area (Å²) in [6.45, 7) is 3.57. The summed E-state index contributed by atoms with van der Waals surface area (Å²) in [6.07, 6.45) is -0.738. The Labute approximate surface area is 145 Å². The molecule has 2 aromatic carbocycles. The Morgan fingerprint density at radius 1 is 1.13 bits per heavy atom. The van der Waals surface area contributed by atoms with Gasteiger partial charge in [0.1, 0.15) is 11.5 Å². The molecule has 0 saturated heterocycles. The zero-order chi connectivity index (χ0) is 17.0. The van der Waals surface area contributed by atoms with E-state index in [0.717, 1.165) is 5.56 Å². The minimum absolute atomic E-state index is 0.330. The molecule has 0 heterocycles. The number of hydrogen-bond acceptors (Lipinski definition) is 3. The second-order valence-corrected chi connectivity index (χ2v) is 5.87. The molecule has 4 nitrogen and oxygen atoms in total. The average molecular weight is 354 g/mol. The molecule has 0 saturated carbocycles. The maximum Gasteiger partial charge on any atom is 0.265 e. The predicted molar refractivity (Wildman–Crippen MR) is 92.9 cm³/mol. The van der Waals surface area contributed by atoms with Gasteiger partial charge in [0.25, 0.3) is 5.91 Å². The zero-order valence-corrected chi connectivity index (χ0v) is 14.5. The van der Waals surface area contributed by atoms with Crippen molar-refractivity contribution in [1.29, 1.82) is 0 Å². The van der Waals surface area contributed by atoms with Crippen LogP contribution in [0.2, 0.25) is 10.0 Å². The van der Waals surface area contributed by atoms with Crippen LogP contribution in [0.3, 0.4) is 0 Å². The number of halogens is 2. The van der Waals surface area contributed by atoms with Gasteiger partial charge in [-0.3, -0.25) is 4.79 Å². The fourth-order valence-electron chi connectivity index (χ4n) is 1.96. The minimum atomic E-state index is -0.738. The van der Waals surface area contributed by atoms with E-state index in [1.807, 2.05) is 13.0 Å². The lowest BCUT2D eigenvalue weighted by molar-refractivity contribution is -0.122. The van der Waals surface area contributed by atoms with E-state index in [9.17, 15) is 4.79 Å². The van der Waals surface area contributed by atoms with Crippen LogP contribution in [-0.2, 0) is 4.79 Å². The van der Waals surface area contributed by atoms with Gasteiger partial charge in [0.2, 0.25) is 0 Å². The van der Waals surface area contributed by atoms with Gasteiger partial charge < -0.3 is 14.8 Å². The maximum absolute atomic E-state index is 12.3. The third-order valence-corrected chi connectivity index (χ3v) is 3.73. The summed E-state index contributed by atoms with van der Waals surface area (Å²) in [5.74, 6) is 0.652. The van der Waals surface area contributed by atoms with Crippen LogP contribution in [0.4, 0.5) is 5.69 Å². The van der Waals surface area contributed by atoms with Crippen LogP contribution in [0, 0.1) is 6.92 Å². The summed E-state index contributed by atoms with van der Waals surface area (Å²) < 4.78 is 10.8. The Balaban J connectivity index is 2.11. The lowest BCUT2D eigenvalue weighted by Gasteiger charge is -2.17. The van der Waals surface area contributed by atoms with Crippen LogP contribution in [0.15, 0.2) is 36.4 Å². The largest absolute Gasteiger partial charge is 0.495 e. The van der Waals surface area contributed by atoms with Gasteiger partial charge in [0.05, 0.1) is 17.8 Å². The maximum atomic E-state index is 12.3. The monoisotopic (exact) mass is 353 g/mol. The molecule has 0 bridgehead atoms. The van der Waals surface area contributed by atoms with E-state index in [1.54, 1.807) is 37.3 Å². The highest BCUT2D eigenvalue weighted by Crippen LogP contribution is 2.29. The second kappa shape index (κ2) is 7.57. The van der Waals surface area contributed by atoms with Gasteiger partial charge in [-0.15, -0.1) is 0 Å². The third-order valence-electron chi connectivity index (χ3n) is 3.18. The number of aryl methyl sites for hydroxylation is 1. The molecule has 122 valence electrons. The van der Waals surface area contributed by atoms with Crippen LogP contribution in [0.1, 0.15) is 12.5 Å². The topological polar surface area (TPSA) is 47.6 Å². The Bertz CT molecular complexity index is 719. The molecule has 0 aromatic heterocycles. The van der Waals surface area contributed by atoms with Gasteiger partial charge in [-0.25, -0.2) is 0 Å². The molecular formula is C17H17Cl2NO3. The lowest BCUT2D eigenvalue weighted by Crippen LogP contribution is -2.30. The molecule has 23 heavy (non-hydrogen) atoms. The van der Waals surface area contributed by atoms with Gasteiger partial charge in [-0.05, 0) is 49.7 Å². The standard InChI is InChI=1S/C17H17Cl2NO3/c1-10-4-6-13(19)16(8-10)23-11(2)17(21)20-14-9-12(18)5-7-15(14)22-3/h4-9,11H,1-3H3,(H,20,21)/t11-/m1/s1. The fraction of sp³-hybridized carbons (Fsp3) is 0.235. The van der Waals surface area contributed by atoms with E-state index < -0.39 is 6.10 Å². The highest BCUT2D eigenvalue weighted by atomic mass is 35.5. The summed E-state index contributed by atoms with van der Waals surface area (Å²) in [5, 5.41) is 3.69. The minimum Gasteiger partial charge on any atom is -0.495 e. The van der Waals surface area contributed by atoms with Crippen molar-refractivity contribution in [3.05, 3.63) is 52.0 Å². The number of methoxy groups -OCH3 is 1. The number of carbonyl (C=O) groups is 1. The van der Waals surface area contributed by atoms with Crippen molar-refractivity contribution in [1.82, 2.24) is 0 Å². The van der Waals surface area contributed by atoms with Gasteiger partial charge in [-0.2, -0.15) is 0 Å².